The fraction of sp³-hybridized carbons (Fsp3) is 0.444. The first-order valence-electron chi connectivity index (χ1n) is 4.28. The molecule has 1 N–H and O–H groups in total. The maximum atomic E-state index is 12.0. The molecule has 0 saturated heterocycles. The number of ether oxygens (including phenoxy) is 2. The first kappa shape index (κ1) is 12.6. The van der Waals surface area contributed by atoms with Crippen molar-refractivity contribution >= 4 is 0 Å². The van der Waals surface area contributed by atoms with Crippen molar-refractivity contribution in [1.29, 1.82) is 0 Å². The van der Waals surface area contributed by atoms with Gasteiger partial charge in [-0.05, 0) is 12.5 Å². The van der Waals surface area contributed by atoms with E-state index in [1.165, 1.54) is 20.1 Å². The highest BCUT2D eigenvalue weighted by atomic mass is 19.4. The van der Waals surface area contributed by atoms with Crippen LogP contribution < -0.4 is 9.47 Å². The fourth-order valence-corrected chi connectivity index (χ4v) is 1.09. The Kier molecular flexibility index (Phi) is 3.58. The number of alkyl halides is 3. The van der Waals surface area contributed by atoms with Crippen molar-refractivity contribution in [3.8, 4) is 11.8 Å². The van der Waals surface area contributed by atoms with Gasteiger partial charge in [0.25, 0.3) is 0 Å². The second-order valence-corrected chi connectivity index (χ2v) is 2.96. The third-order valence-electron chi connectivity index (χ3n) is 1.90. The van der Waals surface area contributed by atoms with E-state index < -0.39 is 18.8 Å². The zero-order valence-electron chi connectivity index (χ0n) is 8.63. The van der Waals surface area contributed by atoms with Gasteiger partial charge in [-0.1, -0.05) is 0 Å². The predicted molar refractivity (Wildman–Crippen MR) is 48.1 cm³/mol. The van der Waals surface area contributed by atoms with Crippen LogP contribution in [-0.2, 0) is 6.61 Å². The fourth-order valence-electron chi connectivity index (χ4n) is 1.09. The van der Waals surface area contributed by atoms with Crippen molar-refractivity contribution in [1.82, 2.24) is 4.98 Å². The van der Waals surface area contributed by atoms with Gasteiger partial charge in [-0.3, -0.25) is 0 Å². The molecule has 0 amide bonds. The van der Waals surface area contributed by atoms with Gasteiger partial charge in [0.05, 0.1) is 13.7 Å². The number of hydrogen-bond acceptors (Lipinski definition) is 4. The van der Waals surface area contributed by atoms with E-state index in [2.05, 4.69) is 9.72 Å². The number of halogens is 3. The first-order valence-corrected chi connectivity index (χ1v) is 4.28. The van der Waals surface area contributed by atoms with Crippen molar-refractivity contribution < 1.29 is 27.8 Å². The molecule has 1 heterocycles. The van der Waals surface area contributed by atoms with Crippen LogP contribution >= 0.6 is 0 Å². The number of hydrogen-bond donors (Lipinski definition) is 1. The van der Waals surface area contributed by atoms with Crippen LogP contribution in [0, 0.1) is 6.92 Å². The van der Waals surface area contributed by atoms with Gasteiger partial charge in [0.15, 0.2) is 0 Å². The van der Waals surface area contributed by atoms with Gasteiger partial charge in [0, 0.05) is 11.6 Å². The Morgan fingerprint density at radius 1 is 1.44 bits per heavy atom. The molecule has 90 valence electrons. The topological polar surface area (TPSA) is 51.6 Å². The van der Waals surface area contributed by atoms with Crippen LogP contribution in [-0.4, -0.2) is 23.6 Å². The average Bonchev–Trinajstić information content (AvgIpc) is 2.19. The van der Waals surface area contributed by atoms with Crippen LogP contribution in [0.5, 0.6) is 11.8 Å². The van der Waals surface area contributed by atoms with Gasteiger partial charge in [0.2, 0.25) is 11.8 Å². The number of aliphatic hydroxyl groups is 1. The van der Waals surface area contributed by atoms with Crippen LogP contribution in [0.15, 0.2) is 6.07 Å². The van der Waals surface area contributed by atoms with Gasteiger partial charge in [-0.2, -0.15) is 4.98 Å². The number of aliphatic hydroxyl groups excluding tert-OH is 1. The van der Waals surface area contributed by atoms with Crippen molar-refractivity contribution in [3.05, 3.63) is 17.2 Å². The zero-order valence-corrected chi connectivity index (χ0v) is 8.63. The third kappa shape index (κ3) is 2.99. The summed E-state index contributed by atoms with van der Waals surface area (Å²) in [5.41, 5.74) is 0.395. The Labute approximate surface area is 89.6 Å². The summed E-state index contributed by atoms with van der Waals surface area (Å²) in [5, 5.41) is 8.94. The predicted octanol–water partition coefficient (Wildman–Crippen LogP) is 1.79. The minimum absolute atomic E-state index is 0.0473. The highest BCUT2D eigenvalue weighted by molar-refractivity contribution is 5.37. The van der Waals surface area contributed by atoms with E-state index in [-0.39, 0.29) is 17.0 Å². The maximum absolute atomic E-state index is 12.0. The molecule has 0 unspecified atom stereocenters. The lowest BCUT2D eigenvalue weighted by Gasteiger charge is -2.13. The van der Waals surface area contributed by atoms with E-state index in [9.17, 15) is 13.2 Å². The molecule has 0 aliphatic rings. The molecule has 0 spiro atoms. The van der Waals surface area contributed by atoms with E-state index in [0.29, 0.717) is 0 Å². The standard InChI is InChI=1S/C9H10F3NO3/c1-5-6(4-14)3-7(15-2)13-8(5)16-9(10,11)12/h3,14H,4H2,1-2H3. The second kappa shape index (κ2) is 4.56. The summed E-state index contributed by atoms with van der Waals surface area (Å²) in [7, 11) is 1.26. The van der Waals surface area contributed by atoms with Crippen molar-refractivity contribution in [2.45, 2.75) is 19.9 Å². The molecule has 0 fully saturated rings. The summed E-state index contributed by atoms with van der Waals surface area (Å²) in [6.45, 7) is 0.956. The normalized spacial score (nSPS) is 11.4. The lowest BCUT2D eigenvalue weighted by Crippen LogP contribution is -2.19. The lowest BCUT2D eigenvalue weighted by atomic mass is 10.1. The van der Waals surface area contributed by atoms with E-state index in [1.807, 2.05) is 0 Å². The van der Waals surface area contributed by atoms with Crippen LogP contribution in [0.25, 0.3) is 0 Å². The molecule has 0 bridgehead atoms. The molecule has 1 rings (SSSR count). The van der Waals surface area contributed by atoms with Gasteiger partial charge < -0.3 is 14.6 Å². The molecule has 0 atom stereocenters. The first-order chi connectivity index (χ1) is 7.37. The molecule has 0 aliphatic heterocycles. The van der Waals surface area contributed by atoms with Crippen molar-refractivity contribution in [2.24, 2.45) is 0 Å². The van der Waals surface area contributed by atoms with E-state index in [1.54, 1.807) is 0 Å². The summed E-state index contributed by atoms with van der Waals surface area (Å²) in [6.07, 6.45) is -4.82. The number of rotatable bonds is 3. The minimum atomic E-state index is -4.82. The SMILES string of the molecule is COc1cc(CO)c(C)c(OC(F)(F)F)n1. The van der Waals surface area contributed by atoms with Crippen LogP contribution in [0.4, 0.5) is 13.2 Å². The van der Waals surface area contributed by atoms with Crippen LogP contribution in [0.3, 0.4) is 0 Å². The maximum Gasteiger partial charge on any atom is 0.574 e. The second-order valence-electron chi connectivity index (χ2n) is 2.96. The third-order valence-corrected chi connectivity index (χ3v) is 1.90. The Bertz CT molecular complexity index is 379. The van der Waals surface area contributed by atoms with Gasteiger partial charge >= 0.3 is 6.36 Å². The van der Waals surface area contributed by atoms with Gasteiger partial charge in [-0.15, -0.1) is 13.2 Å². The molecule has 16 heavy (non-hydrogen) atoms. The Balaban J connectivity index is 3.16. The lowest BCUT2D eigenvalue weighted by molar-refractivity contribution is -0.276. The quantitative estimate of drug-likeness (QED) is 0.870. The summed E-state index contributed by atoms with van der Waals surface area (Å²) in [5.74, 6) is -0.662. The molecular weight excluding hydrogens is 227 g/mol. The van der Waals surface area contributed by atoms with Gasteiger partial charge in [-0.25, -0.2) is 0 Å². The average molecular weight is 237 g/mol. The molecule has 0 saturated carbocycles. The number of pyridine rings is 1. The monoisotopic (exact) mass is 237 g/mol. The van der Waals surface area contributed by atoms with Crippen LogP contribution in [0.2, 0.25) is 0 Å². The number of nitrogens with zero attached hydrogens (tertiary/aromatic N) is 1. The molecule has 1 aromatic rings. The zero-order chi connectivity index (χ0) is 12.3. The Morgan fingerprint density at radius 3 is 2.50 bits per heavy atom. The van der Waals surface area contributed by atoms with Crippen molar-refractivity contribution in [2.75, 3.05) is 7.11 Å². The summed E-state index contributed by atoms with van der Waals surface area (Å²) < 4.78 is 44.5. The molecule has 7 heteroatoms. The van der Waals surface area contributed by atoms with Gasteiger partial charge in [0.1, 0.15) is 0 Å². The molecular formula is C9H10F3NO3. The molecule has 0 aliphatic carbocycles. The molecule has 0 radical (unpaired) electrons. The Morgan fingerprint density at radius 2 is 2.06 bits per heavy atom. The smallest absolute Gasteiger partial charge is 0.481 e. The van der Waals surface area contributed by atoms with E-state index in [0.717, 1.165) is 0 Å². The van der Waals surface area contributed by atoms with Crippen LogP contribution in [0.1, 0.15) is 11.1 Å². The minimum Gasteiger partial charge on any atom is -0.481 e. The highest BCUT2D eigenvalue weighted by Gasteiger charge is 2.33. The summed E-state index contributed by atoms with van der Waals surface area (Å²) in [6, 6.07) is 1.35. The number of methoxy groups -OCH3 is 1. The molecule has 4 nitrogen and oxygen atoms in total. The number of aromatic nitrogens is 1. The summed E-state index contributed by atoms with van der Waals surface area (Å²) >= 11 is 0. The van der Waals surface area contributed by atoms with Crippen molar-refractivity contribution in [3.63, 3.8) is 0 Å². The summed E-state index contributed by atoms with van der Waals surface area (Å²) in [4.78, 5) is 3.51. The van der Waals surface area contributed by atoms with E-state index in [4.69, 9.17) is 9.84 Å². The molecule has 0 aromatic carbocycles. The van der Waals surface area contributed by atoms with E-state index >= 15 is 0 Å². The molecule has 1 aromatic heterocycles. The highest BCUT2D eigenvalue weighted by Crippen LogP contribution is 2.28. The Hall–Kier alpha value is -1.50. The largest absolute Gasteiger partial charge is 0.574 e.